The molecule has 1 aliphatic carbocycles. The largest absolute Gasteiger partial charge is 0.748 e. The van der Waals surface area contributed by atoms with Crippen molar-refractivity contribution >= 4 is 27.8 Å². The fourth-order valence-electron chi connectivity index (χ4n) is 5.50. The standard InChI is InChI=1S/C22H27F3O6S2/c1-12(2)21(10-14-15(11-21)19-6-5-18(14)32-19)31-17-9-13(3-4-16(17)22(23,24)25)20(26)30-7-8-33(27,28)29/h3-4,9,12,14-15,18-19H,5-8,10-11H2,1-2H3,(H,27,28,29)/p-1. The van der Waals surface area contributed by atoms with Crippen LogP contribution in [-0.4, -0.2) is 47.4 Å². The van der Waals surface area contributed by atoms with Crippen LogP contribution in [0, 0.1) is 17.8 Å². The lowest BCUT2D eigenvalue weighted by Crippen LogP contribution is -2.40. The third kappa shape index (κ3) is 5.00. The molecule has 0 amide bonds. The molecular weight excluding hydrogens is 481 g/mol. The summed E-state index contributed by atoms with van der Waals surface area (Å²) in [7, 11) is -4.58. The van der Waals surface area contributed by atoms with Gasteiger partial charge in [-0.05, 0) is 61.6 Å². The van der Waals surface area contributed by atoms with E-state index in [1.165, 1.54) is 0 Å². The second-order valence-electron chi connectivity index (χ2n) is 9.45. The molecule has 33 heavy (non-hydrogen) atoms. The first-order valence-electron chi connectivity index (χ1n) is 11.0. The molecule has 2 aliphatic heterocycles. The van der Waals surface area contributed by atoms with Gasteiger partial charge in [0.25, 0.3) is 0 Å². The van der Waals surface area contributed by atoms with Crippen molar-refractivity contribution in [2.75, 3.05) is 12.4 Å². The minimum atomic E-state index is -4.68. The number of benzene rings is 1. The molecule has 1 saturated carbocycles. The lowest BCUT2D eigenvalue weighted by Gasteiger charge is -2.36. The van der Waals surface area contributed by atoms with Crippen molar-refractivity contribution in [2.24, 2.45) is 17.8 Å². The second-order valence-corrected chi connectivity index (χ2v) is 12.5. The maximum Gasteiger partial charge on any atom is 0.419 e. The summed E-state index contributed by atoms with van der Waals surface area (Å²) in [5.41, 5.74) is -1.94. The number of hydrogen-bond acceptors (Lipinski definition) is 7. The number of ether oxygens (including phenoxy) is 2. The Morgan fingerprint density at radius 2 is 1.82 bits per heavy atom. The van der Waals surface area contributed by atoms with Crippen LogP contribution in [0.3, 0.4) is 0 Å². The predicted molar refractivity (Wildman–Crippen MR) is 115 cm³/mol. The SMILES string of the molecule is CC(C)C1(Oc2cc(C(=O)OCCS(=O)(=O)[O-])ccc2C(F)(F)F)CC2C3CCC(S3)C2C1. The predicted octanol–water partition coefficient (Wildman–Crippen LogP) is 4.49. The Hall–Kier alpha value is -1.46. The molecule has 1 aromatic rings. The van der Waals surface area contributed by atoms with Gasteiger partial charge in [0.05, 0.1) is 27.0 Å². The lowest BCUT2D eigenvalue weighted by molar-refractivity contribution is -0.140. The van der Waals surface area contributed by atoms with Gasteiger partial charge in [-0.3, -0.25) is 0 Å². The topological polar surface area (TPSA) is 92.7 Å². The quantitative estimate of drug-likeness (QED) is 0.397. The summed E-state index contributed by atoms with van der Waals surface area (Å²) in [5.74, 6) is -1.55. The number of fused-ring (bicyclic) bond motifs is 5. The Balaban J connectivity index is 1.61. The highest BCUT2D eigenvalue weighted by atomic mass is 32.2. The molecule has 0 spiro atoms. The lowest BCUT2D eigenvalue weighted by atomic mass is 9.82. The molecule has 4 atom stereocenters. The Kier molecular flexibility index (Phi) is 6.46. The first-order valence-corrected chi connectivity index (χ1v) is 13.5. The Morgan fingerprint density at radius 3 is 2.33 bits per heavy atom. The molecule has 3 fully saturated rings. The number of rotatable bonds is 7. The minimum absolute atomic E-state index is 0.0357. The molecule has 3 aliphatic rings. The van der Waals surface area contributed by atoms with Gasteiger partial charge in [0.15, 0.2) is 0 Å². The van der Waals surface area contributed by atoms with Gasteiger partial charge in [0.1, 0.15) is 18.0 Å². The number of alkyl halides is 3. The number of esters is 1. The number of carbonyl (C=O) groups is 1. The van der Waals surface area contributed by atoms with Crippen LogP contribution in [0.5, 0.6) is 5.75 Å². The van der Waals surface area contributed by atoms with Gasteiger partial charge >= 0.3 is 12.1 Å². The number of thioether (sulfide) groups is 1. The van der Waals surface area contributed by atoms with Gasteiger partial charge in [-0.2, -0.15) is 24.9 Å². The molecule has 0 radical (unpaired) electrons. The summed E-state index contributed by atoms with van der Waals surface area (Å²) < 4.78 is 84.4. The van der Waals surface area contributed by atoms with Gasteiger partial charge in [-0.1, -0.05) is 13.8 Å². The second kappa shape index (κ2) is 8.64. The van der Waals surface area contributed by atoms with E-state index < -0.39 is 51.5 Å². The van der Waals surface area contributed by atoms with E-state index in [0.717, 1.165) is 31.0 Å². The smallest absolute Gasteiger partial charge is 0.419 e. The summed E-state index contributed by atoms with van der Waals surface area (Å²) in [6.07, 6.45) is -1.05. The van der Waals surface area contributed by atoms with E-state index >= 15 is 0 Å². The molecule has 4 unspecified atom stereocenters. The van der Waals surface area contributed by atoms with Gasteiger partial charge in [0.2, 0.25) is 0 Å². The van der Waals surface area contributed by atoms with E-state index in [1.807, 2.05) is 25.6 Å². The van der Waals surface area contributed by atoms with E-state index in [-0.39, 0.29) is 11.5 Å². The molecule has 0 N–H and O–H groups in total. The van der Waals surface area contributed by atoms with Gasteiger partial charge in [-0.15, -0.1) is 0 Å². The fourth-order valence-corrected chi connectivity index (χ4v) is 7.78. The average molecular weight is 508 g/mol. The molecule has 11 heteroatoms. The van der Waals surface area contributed by atoms with Crippen LogP contribution < -0.4 is 4.74 Å². The molecule has 1 aromatic carbocycles. The molecule has 0 aromatic heterocycles. The van der Waals surface area contributed by atoms with Crippen molar-refractivity contribution in [3.63, 3.8) is 0 Å². The van der Waals surface area contributed by atoms with Crippen molar-refractivity contribution in [1.82, 2.24) is 0 Å². The van der Waals surface area contributed by atoms with E-state index in [9.17, 15) is 30.9 Å². The van der Waals surface area contributed by atoms with Gasteiger partial charge in [0, 0.05) is 10.5 Å². The van der Waals surface area contributed by atoms with Gasteiger partial charge < -0.3 is 14.0 Å². The maximum atomic E-state index is 13.8. The summed E-state index contributed by atoms with van der Waals surface area (Å²) in [4.78, 5) is 12.3. The molecule has 4 rings (SSSR count). The van der Waals surface area contributed by atoms with E-state index in [1.54, 1.807) is 0 Å². The van der Waals surface area contributed by atoms with E-state index in [2.05, 4.69) is 0 Å². The van der Waals surface area contributed by atoms with Crippen LogP contribution in [0.1, 0.15) is 55.5 Å². The highest BCUT2D eigenvalue weighted by Crippen LogP contribution is 2.63. The highest BCUT2D eigenvalue weighted by molar-refractivity contribution is 8.01. The van der Waals surface area contributed by atoms with Crippen LogP contribution in [0.4, 0.5) is 13.2 Å². The molecule has 2 bridgehead atoms. The third-order valence-corrected chi connectivity index (χ3v) is 9.74. The average Bonchev–Trinajstić information content (AvgIpc) is 3.38. The van der Waals surface area contributed by atoms with Crippen LogP contribution in [0.15, 0.2) is 18.2 Å². The summed E-state index contributed by atoms with van der Waals surface area (Å²) >= 11 is 2.00. The number of carbonyl (C=O) groups excluding carboxylic acids is 1. The van der Waals surface area contributed by atoms with E-state index in [4.69, 9.17) is 9.47 Å². The minimum Gasteiger partial charge on any atom is -0.748 e. The molecule has 2 heterocycles. The van der Waals surface area contributed by atoms with Gasteiger partial charge in [-0.25, -0.2) is 13.2 Å². The molecule has 2 saturated heterocycles. The van der Waals surface area contributed by atoms with Crippen LogP contribution in [0.2, 0.25) is 0 Å². The Labute approximate surface area is 195 Å². The summed E-state index contributed by atoms with van der Waals surface area (Å²) in [6, 6.07) is 2.75. The summed E-state index contributed by atoms with van der Waals surface area (Å²) in [5, 5.41) is 1.06. The third-order valence-electron chi connectivity index (χ3n) is 7.21. The van der Waals surface area contributed by atoms with Crippen molar-refractivity contribution < 1.29 is 40.4 Å². The normalized spacial score (nSPS) is 31.1. The van der Waals surface area contributed by atoms with Crippen LogP contribution >= 0.6 is 11.8 Å². The fraction of sp³-hybridized carbons (Fsp3) is 0.682. The zero-order valence-electron chi connectivity index (χ0n) is 18.3. The van der Waals surface area contributed by atoms with E-state index in [0.29, 0.717) is 35.2 Å². The Bertz CT molecular complexity index is 1010. The number of halogens is 3. The molecular formula is C22H26F3O6S2-. The Morgan fingerprint density at radius 1 is 1.21 bits per heavy atom. The number of hydrogen-bond donors (Lipinski definition) is 0. The monoisotopic (exact) mass is 507 g/mol. The first-order chi connectivity index (χ1) is 15.3. The van der Waals surface area contributed by atoms with Crippen molar-refractivity contribution in [2.45, 2.75) is 61.8 Å². The zero-order chi connectivity index (χ0) is 24.2. The van der Waals surface area contributed by atoms with Crippen LogP contribution in [0.25, 0.3) is 0 Å². The zero-order valence-corrected chi connectivity index (χ0v) is 19.9. The van der Waals surface area contributed by atoms with Crippen molar-refractivity contribution in [3.8, 4) is 5.75 Å². The maximum absolute atomic E-state index is 13.8. The van der Waals surface area contributed by atoms with Crippen molar-refractivity contribution in [3.05, 3.63) is 29.3 Å². The first kappa shape index (κ1) is 24.7. The van der Waals surface area contributed by atoms with Crippen molar-refractivity contribution in [1.29, 1.82) is 0 Å². The molecule has 6 nitrogen and oxygen atoms in total. The van der Waals surface area contributed by atoms with Crippen LogP contribution in [-0.2, 0) is 21.0 Å². The highest BCUT2D eigenvalue weighted by Gasteiger charge is 2.59. The summed E-state index contributed by atoms with van der Waals surface area (Å²) in [6.45, 7) is 3.22. The molecule has 184 valence electrons.